The topological polar surface area (TPSA) is 0 Å². The van der Waals surface area contributed by atoms with Gasteiger partial charge in [-0.15, -0.1) is 0 Å². The van der Waals surface area contributed by atoms with Gasteiger partial charge in [-0.05, 0) is 0 Å². The summed E-state index contributed by atoms with van der Waals surface area (Å²) in [6.45, 7) is 15.1. The van der Waals surface area contributed by atoms with Gasteiger partial charge in [0.25, 0.3) is 0 Å². The van der Waals surface area contributed by atoms with Gasteiger partial charge < -0.3 is 0 Å². The maximum absolute atomic E-state index is 3.50. The predicted molar refractivity (Wildman–Crippen MR) is 153 cm³/mol. The zero-order valence-electron chi connectivity index (χ0n) is 23.1. The third kappa shape index (κ3) is 3.69. The van der Waals surface area contributed by atoms with E-state index in [1.165, 1.54) is 38.5 Å². The van der Waals surface area contributed by atoms with E-state index in [9.17, 15) is 0 Å². The Hall–Kier alpha value is -0.980. The number of rotatable bonds is 9. The van der Waals surface area contributed by atoms with E-state index in [1.807, 2.05) is 11.1 Å². The van der Waals surface area contributed by atoms with E-state index in [2.05, 4.69) is 98.6 Å². The molecule has 0 nitrogen and oxygen atoms in total. The first kappa shape index (κ1) is 26.1. The van der Waals surface area contributed by atoms with Crippen LogP contribution in [0.25, 0.3) is 11.1 Å². The molecule has 2 aromatic rings. The molecule has 0 bridgehead atoms. The Kier molecular flexibility index (Phi) is 7.53. The molecule has 0 heterocycles. The Labute approximate surface area is 211 Å². The first-order chi connectivity index (χ1) is 16.3. The van der Waals surface area contributed by atoms with E-state index < -0.39 is 23.9 Å². The summed E-state index contributed by atoms with van der Waals surface area (Å²) in [4.78, 5) is 0. The summed E-state index contributed by atoms with van der Waals surface area (Å²) >= 11 is -3.50. The number of fused-ring (bicyclic) bond motifs is 2. The Morgan fingerprint density at radius 1 is 0.647 bits per heavy atom. The zero-order chi connectivity index (χ0) is 24.7. The summed E-state index contributed by atoms with van der Waals surface area (Å²) in [7, 11) is 0. The molecule has 0 aliphatic heterocycles. The van der Waals surface area contributed by atoms with E-state index in [0.717, 1.165) is 0 Å². The minimum atomic E-state index is -3.50. The fourth-order valence-electron chi connectivity index (χ4n) is 7.96. The van der Waals surface area contributed by atoms with Crippen LogP contribution in [-0.4, -0.2) is 5.92 Å². The van der Waals surface area contributed by atoms with Crippen molar-refractivity contribution < 1.29 is 17.9 Å². The van der Waals surface area contributed by atoms with Gasteiger partial charge in [0.1, 0.15) is 0 Å². The average molecular weight is 551 g/mol. The van der Waals surface area contributed by atoms with Gasteiger partial charge in [0, 0.05) is 0 Å². The van der Waals surface area contributed by atoms with Crippen LogP contribution in [0.1, 0.15) is 95.7 Å². The first-order valence-corrected chi connectivity index (χ1v) is 29.0. The molecule has 2 unspecified atom stereocenters. The van der Waals surface area contributed by atoms with Crippen LogP contribution in [0.3, 0.4) is 0 Å². The van der Waals surface area contributed by atoms with E-state index in [0.29, 0.717) is 7.25 Å². The number of benzene rings is 2. The summed E-state index contributed by atoms with van der Waals surface area (Å²) < 4.78 is 7.26. The van der Waals surface area contributed by atoms with Crippen molar-refractivity contribution in [3.63, 3.8) is 0 Å². The number of hydrogen-bond donors (Lipinski definition) is 0. The second-order valence-electron chi connectivity index (χ2n) is 12.1. The molecule has 0 saturated heterocycles. The zero-order valence-corrected chi connectivity index (χ0v) is 26.7. The molecule has 4 rings (SSSR count). The summed E-state index contributed by atoms with van der Waals surface area (Å²) in [6, 6.07) is 19.2. The van der Waals surface area contributed by atoms with E-state index >= 15 is 0 Å². The molecule has 0 aromatic heterocycles. The van der Waals surface area contributed by atoms with Crippen LogP contribution < -0.4 is 0 Å². The molecule has 2 aliphatic rings. The van der Waals surface area contributed by atoms with Crippen LogP contribution in [0, 0.1) is 0 Å². The third-order valence-corrected chi connectivity index (χ3v) is 56.7. The van der Waals surface area contributed by atoms with Crippen LogP contribution in [0.5, 0.6) is 0 Å². The molecule has 2 aromatic carbocycles. The Balaban J connectivity index is 2.07. The van der Waals surface area contributed by atoms with E-state index in [1.54, 1.807) is 33.4 Å². The van der Waals surface area contributed by atoms with Crippen LogP contribution >= 0.6 is 0 Å². The van der Waals surface area contributed by atoms with Gasteiger partial charge in [-0.25, -0.2) is 0 Å². The van der Waals surface area contributed by atoms with Crippen molar-refractivity contribution in [2.24, 2.45) is 0 Å². The van der Waals surface area contributed by atoms with Crippen LogP contribution in [0.2, 0.25) is 22.4 Å². The normalized spacial score (nSPS) is 21.1. The monoisotopic (exact) mass is 549 g/mol. The Morgan fingerprint density at radius 3 is 1.35 bits per heavy atom. The van der Waals surface area contributed by atoms with Crippen molar-refractivity contribution in [2.45, 2.75) is 95.8 Å². The average Bonchev–Trinajstić information content (AvgIpc) is 3.33. The van der Waals surface area contributed by atoms with Crippen molar-refractivity contribution in [1.29, 1.82) is 0 Å². The molecular weight excluding hydrogens is 504 g/mol. The SMILES string of the molecule is CCCC1=C(CC)[CH]([Zr]([CH3])([CH3])([CH]2C(CC)=C(CCC)c3ccccc32)[SiH](C)C)c2ccccc21. The van der Waals surface area contributed by atoms with Gasteiger partial charge in [-0.3, -0.25) is 0 Å². The van der Waals surface area contributed by atoms with Gasteiger partial charge in [0.2, 0.25) is 0 Å². The minimum absolute atomic E-state index is 0.705. The standard InChI is InChI=1S/2C14H17.C2H7Si.2CH3.Zr/c2*1-3-7-13-11(4-2)10-12-8-5-6-9-14(12)13;1-3-2;;;/h2*5-6,8-10H,3-4,7H2,1-2H3;3H,1-2H3;2*1H3;. The van der Waals surface area contributed by atoms with Crippen LogP contribution in [0.4, 0.5) is 0 Å². The number of allylic oxidation sites excluding steroid dienone is 4. The summed E-state index contributed by atoms with van der Waals surface area (Å²) in [5, 5.41) is 0. The predicted octanol–water partition coefficient (Wildman–Crippen LogP) is 10.2. The molecule has 0 radical (unpaired) electrons. The molecule has 0 fully saturated rings. The fraction of sp³-hybridized carbons (Fsp3) is 0.500. The first-order valence-electron chi connectivity index (χ1n) is 14.1. The van der Waals surface area contributed by atoms with E-state index in [4.69, 9.17) is 0 Å². The molecule has 0 amide bonds. The molecule has 0 N–H and O–H groups in total. The summed E-state index contributed by atoms with van der Waals surface area (Å²) in [6.07, 6.45) is 7.38. The molecule has 0 saturated carbocycles. The number of hydrogen-bond acceptors (Lipinski definition) is 0. The Bertz CT molecular complexity index is 1050. The van der Waals surface area contributed by atoms with Crippen molar-refractivity contribution in [3.8, 4) is 0 Å². The molecule has 2 aliphatic carbocycles. The fourth-order valence-corrected chi connectivity index (χ4v) is 37.8. The van der Waals surface area contributed by atoms with Gasteiger partial charge in [0.05, 0.1) is 0 Å². The van der Waals surface area contributed by atoms with E-state index in [-0.39, 0.29) is 0 Å². The van der Waals surface area contributed by atoms with Gasteiger partial charge in [-0.1, -0.05) is 0 Å². The summed E-state index contributed by atoms with van der Waals surface area (Å²) in [5.41, 5.74) is 13.7. The van der Waals surface area contributed by atoms with Crippen molar-refractivity contribution in [1.82, 2.24) is 0 Å². The second kappa shape index (κ2) is 9.82. The van der Waals surface area contributed by atoms with Crippen molar-refractivity contribution in [2.75, 3.05) is 0 Å². The quantitative estimate of drug-likeness (QED) is 0.272. The second-order valence-corrected chi connectivity index (χ2v) is 50.0. The molecule has 2 atom stereocenters. The molecular formula is C32H47SiZr. The van der Waals surface area contributed by atoms with Crippen LogP contribution in [0.15, 0.2) is 59.7 Å². The summed E-state index contributed by atoms with van der Waals surface area (Å²) in [5.74, 6) is -0.997. The van der Waals surface area contributed by atoms with Gasteiger partial charge >= 0.3 is 213 Å². The third-order valence-electron chi connectivity index (χ3n) is 10.1. The Morgan fingerprint density at radius 2 is 1.03 bits per heavy atom. The molecule has 0 spiro atoms. The van der Waals surface area contributed by atoms with Crippen molar-refractivity contribution >= 4 is 17.1 Å². The van der Waals surface area contributed by atoms with Crippen LogP contribution in [-0.2, 0) is 17.9 Å². The van der Waals surface area contributed by atoms with Gasteiger partial charge in [0.15, 0.2) is 0 Å². The maximum atomic E-state index is 2.93. The molecule has 2 heteroatoms. The molecule has 183 valence electrons. The molecule has 34 heavy (non-hydrogen) atoms. The van der Waals surface area contributed by atoms with Gasteiger partial charge in [-0.2, -0.15) is 0 Å². The van der Waals surface area contributed by atoms with Crippen molar-refractivity contribution in [3.05, 3.63) is 81.9 Å².